The maximum Gasteiger partial charge on any atom is 0.302 e. The van der Waals surface area contributed by atoms with E-state index in [2.05, 4.69) is 9.89 Å². The van der Waals surface area contributed by atoms with Crippen molar-refractivity contribution in [3.8, 4) is 0 Å². The highest BCUT2D eigenvalue weighted by Crippen LogP contribution is 2.16. The third-order valence-corrected chi connectivity index (χ3v) is 2.81. The first-order valence-electron chi connectivity index (χ1n) is 4.22. The quantitative estimate of drug-likeness (QED) is 0.628. The number of hydrogen-bond acceptors (Lipinski definition) is 4. The molecule has 74 valence electrons. The van der Waals surface area contributed by atoms with Gasteiger partial charge in [0.1, 0.15) is 6.61 Å². The number of thioether (sulfide) groups is 1. The van der Waals surface area contributed by atoms with Crippen molar-refractivity contribution in [1.29, 1.82) is 0 Å². The molecular weight excluding hydrogens is 188 g/mol. The van der Waals surface area contributed by atoms with Crippen LogP contribution in [-0.4, -0.2) is 48.5 Å². The van der Waals surface area contributed by atoms with E-state index < -0.39 is 0 Å². The number of nitrogens with zero attached hydrogens (tertiary/aromatic N) is 2. The van der Waals surface area contributed by atoms with Crippen LogP contribution in [0, 0.1) is 0 Å². The van der Waals surface area contributed by atoms with Crippen molar-refractivity contribution in [2.24, 2.45) is 4.99 Å². The fraction of sp³-hybridized carbons (Fsp3) is 0.750. The Morgan fingerprint density at radius 1 is 1.77 bits per heavy atom. The van der Waals surface area contributed by atoms with Crippen LogP contribution in [0.25, 0.3) is 0 Å². The second kappa shape index (κ2) is 5.11. The summed E-state index contributed by atoms with van der Waals surface area (Å²) >= 11 is 1.74. The molecule has 0 radical (unpaired) electrons. The van der Waals surface area contributed by atoms with E-state index in [-0.39, 0.29) is 5.97 Å². The average molecular weight is 202 g/mol. The molecule has 0 aromatic carbocycles. The minimum atomic E-state index is -0.221. The van der Waals surface area contributed by atoms with Crippen LogP contribution in [0.1, 0.15) is 6.92 Å². The van der Waals surface area contributed by atoms with E-state index in [4.69, 9.17) is 4.74 Å². The number of hydrogen-bond donors (Lipinski definition) is 0. The van der Waals surface area contributed by atoms with Crippen molar-refractivity contribution in [1.82, 2.24) is 4.90 Å². The first kappa shape index (κ1) is 10.4. The van der Waals surface area contributed by atoms with Crippen LogP contribution in [0.15, 0.2) is 4.99 Å². The number of ether oxygens (including phenoxy) is 1. The predicted molar refractivity (Wildman–Crippen MR) is 54.0 cm³/mol. The van der Waals surface area contributed by atoms with E-state index in [0.717, 1.165) is 24.0 Å². The molecule has 0 aromatic heterocycles. The smallest absolute Gasteiger partial charge is 0.302 e. The topological polar surface area (TPSA) is 41.9 Å². The molecular formula is C8H14N2O2S. The number of aliphatic imine (C=N–C) groups is 1. The summed E-state index contributed by atoms with van der Waals surface area (Å²) in [6.07, 6.45) is 0. The number of rotatable bonds is 3. The van der Waals surface area contributed by atoms with Gasteiger partial charge in [0.15, 0.2) is 5.17 Å². The lowest BCUT2D eigenvalue weighted by molar-refractivity contribution is -0.141. The molecule has 4 nitrogen and oxygen atoms in total. The summed E-state index contributed by atoms with van der Waals surface area (Å²) < 4.78 is 4.85. The highest BCUT2D eigenvalue weighted by Gasteiger charge is 2.17. The Morgan fingerprint density at radius 3 is 3.15 bits per heavy atom. The molecule has 0 amide bonds. The number of esters is 1. The molecule has 5 heteroatoms. The fourth-order valence-electron chi connectivity index (χ4n) is 1.15. The molecule has 0 bridgehead atoms. The summed E-state index contributed by atoms with van der Waals surface area (Å²) in [5, 5.41) is 1.05. The lowest BCUT2D eigenvalue weighted by atomic mass is 10.5. The summed E-state index contributed by atoms with van der Waals surface area (Å²) in [6, 6.07) is 0. The van der Waals surface area contributed by atoms with Crippen molar-refractivity contribution in [2.75, 3.05) is 32.5 Å². The molecule has 1 fully saturated rings. The van der Waals surface area contributed by atoms with E-state index in [0.29, 0.717) is 6.61 Å². The lowest BCUT2D eigenvalue weighted by Crippen LogP contribution is -2.28. The zero-order valence-corrected chi connectivity index (χ0v) is 8.76. The third kappa shape index (κ3) is 3.26. The largest absolute Gasteiger partial charge is 0.464 e. The first-order chi connectivity index (χ1) is 6.24. The Bertz CT molecular complexity index is 218. The zero-order chi connectivity index (χ0) is 9.68. The van der Waals surface area contributed by atoms with Crippen LogP contribution < -0.4 is 0 Å². The maximum atomic E-state index is 10.5. The normalized spacial score (nSPS) is 19.5. The Kier molecular flexibility index (Phi) is 4.08. The SMILES string of the molecule is CN=C1SCCN1CCOC(C)=O. The number of amidine groups is 1. The zero-order valence-electron chi connectivity index (χ0n) is 7.95. The van der Waals surface area contributed by atoms with Crippen molar-refractivity contribution < 1.29 is 9.53 Å². The molecule has 0 atom stereocenters. The molecule has 0 aliphatic carbocycles. The summed E-state index contributed by atoms with van der Waals surface area (Å²) in [7, 11) is 1.78. The van der Waals surface area contributed by atoms with Gasteiger partial charge < -0.3 is 9.64 Å². The minimum absolute atomic E-state index is 0.221. The lowest BCUT2D eigenvalue weighted by Gasteiger charge is -2.16. The monoisotopic (exact) mass is 202 g/mol. The first-order valence-corrected chi connectivity index (χ1v) is 5.20. The van der Waals surface area contributed by atoms with Crippen LogP contribution in [0.5, 0.6) is 0 Å². The standard InChI is InChI=1S/C8H14N2O2S/c1-7(11)12-5-3-10-4-6-13-8(10)9-2/h3-6H2,1-2H3. The predicted octanol–water partition coefficient (Wildman–Crippen LogP) is 0.584. The van der Waals surface area contributed by atoms with Crippen LogP contribution in [0.4, 0.5) is 0 Å². The Labute approximate surface area is 82.3 Å². The fourth-order valence-corrected chi connectivity index (χ4v) is 2.14. The maximum absolute atomic E-state index is 10.5. The third-order valence-electron chi connectivity index (χ3n) is 1.72. The second-order valence-electron chi connectivity index (χ2n) is 2.68. The molecule has 1 rings (SSSR count). The van der Waals surface area contributed by atoms with Crippen molar-refractivity contribution in [3.05, 3.63) is 0 Å². The van der Waals surface area contributed by atoms with Gasteiger partial charge in [-0.3, -0.25) is 9.79 Å². The van der Waals surface area contributed by atoms with Gasteiger partial charge in [-0.2, -0.15) is 0 Å². The Hall–Kier alpha value is -0.710. The van der Waals surface area contributed by atoms with Crippen LogP contribution >= 0.6 is 11.8 Å². The molecule has 13 heavy (non-hydrogen) atoms. The molecule has 1 aliphatic heterocycles. The van der Waals surface area contributed by atoms with Gasteiger partial charge in [0.05, 0.1) is 6.54 Å². The highest BCUT2D eigenvalue weighted by molar-refractivity contribution is 8.14. The summed E-state index contributed by atoms with van der Waals surface area (Å²) in [5.74, 6) is 0.856. The van der Waals surface area contributed by atoms with E-state index in [9.17, 15) is 4.79 Å². The molecule has 1 saturated heterocycles. The molecule has 0 saturated carbocycles. The van der Waals surface area contributed by atoms with Gasteiger partial charge in [0.2, 0.25) is 0 Å². The van der Waals surface area contributed by atoms with Gasteiger partial charge in [-0.15, -0.1) is 0 Å². The average Bonchev–Trinajstić information content (AvgIpc) is 2.51. The van der Waals surface area contributed by atoms with Gasteiger partial charge in [-0.05, 0) is 0 Å². The summed E-state index contributed by atoms with van der Waals surface area (Å²) in [6.45, 7) is 3.63. The summed E-state index contributed by atoms with van der Waals surface area (Å²) in [5.41, 5.74) is 0. The molecule has 0 unspecified atom stereocenters. The van der Waals surface area contributed by atoms with E-state index in [1.165, 1.54) is 6.92 Å². The Morgan fingerprint density at radius 2 is 2.54 bits per heavy atom. The van der Waals surface area contributed by atoms with Crippen LogP contribution in [-0.2, 0) is 9.53 Å². The van der Waals surface area contributed by atoms with Crippen LogP contribution in [0.2, 0.25) is 0 Å². The van der Waals surface area contributed by atoms with Gasteiger partial charge in [0.25, 0.3) is 0 Å². The summed E-state index contributed by atoms with van der Waals surface area (Å²) in [4.78, 5) is 16.8. The molecule has 1 aliphatic rings. The van der Waals surface area contributed by atoms with Gasteiger partial charge in [-0.25, -0.2) is 0 Å². The minimum Gasteiger partial charge on any atom is -0.464 e. The molecule has 0 spiro atoms. The van der Waals surface area contributed by atoms with Crippen molar-refractivity contribution in [3.63, 3.8) is 0 Å². The highest BCUT2D eigenvalue weighted by atomic mass is 32.2. The van der Waals surface area contributed by atoms with E-state index in [1.807, 2.05) is 0 Å². The Balaban J connectivity index is 2.24. The van der Waals surface area contributed by atoms with Gasteiger partial charge in [0, 0.05) is 26.3 Å². The van der Waals surface area contributed by atoms with Gasteiger partial charge >= 0.3 is 5.97 Å². The second-order valence-corrected chi connectivity index (χ2v) is 3.74. The number of carbonyl (C=O) groups excluding carboxylic acids is 1. The van der Waals surface area contributed by atoms with E-state index >= 15 is 0 Å². The van der Waals surface area contributed by atoms with Crippen molar-refractivity contribution >= 4 is 22.9 Å². The van der Waals surface area contributed by atoms with Crippen molar-refractivity contribution in [2.45, 2.75) is 6.92 Å². The molecule has 0 N–H and O–H groups in total. The van der Waals surface area contributed by atoms with E-state index in [1.54, 1.807) is 18.8 Å². The van der Waals surface area contributed by atoms with Gasteiger partial charge in [-0.1, -0.05) is 11.8 Å². The van der Waals surface area contributed by atoms with Crippen LogP contribution in [0.3, 0.4) is 0 Å². The molecule has 0 aromatic rings. The molecule has 1 heterocycles. The number of carbonyl (C=O) groups is 1.